The van der Waals surface area contributed by atoms with Crippen LogP contribution in [0.1, 0.15) is 19.3 Å². The Morgan fingerprint density at radius 2 is 1.56 bits per heavy atom. The predicted octanol–water partition coefficient (Wildman–Crippen LogP) is -2.53. The van der Waals surface area contributed by atoms with Crippen molar-refractivity contribution in [2.24, 2.45) is 11.5 Å². The highest BCUT2D eigenvalue weighted by molar-refractivity contribution is 7.98. The van der Waals surface area contributed by atoms with E-state index in [0.29, 0.717) is 5.75 Å². The van der Waals surface area contributed by atoms with Crippen LogP contribution in [0.4, 0.5) is 0 Å². The van der Waals surface area contributed by atoms with Gasteiger partial charge in [0.25, 0.3) is 0 Å². The third kappa shape index (κ3) is 9.52. The average molecular weight is 378 g/mol. The average Bonchev–Trinajstić information content (AvgIpc) is 2.48. The molecule has 25 heavy (non-hydrogen) atoms. The molecule has 0 aromatic rings. The molecule has 3 amide bonds. The molecule has 0 aliphatic heterocycles. The minimum atomic E-state index is -1.54. The number of aliphatic carboxylic acids is 2. The lowest BCUT2D eigenvalue weighted by molar-refractivity contribution is -0.143. The maximum Gasteiger partial charge on any atom is 0.326 e. The summed E-state index contributed by atoms with van der Waals surface area (Å²) >= 11 is 1.37. The molecule has 11 nitrogen and oxygen atoms in total. The van der Waals surface area contributed by atoms with Crippen LogP contribution in [0.2, 0.25) is 0 Å². The molecule has 0 aliphatic rings. The molecule has 0 bridgehead atoms. The minimum Gasteiger partial charge on any atom is -0.481 e. The van der Waals surface area contributed by atoms with Gasteiger partial charge in [-0.15, -0.1) is 0 Å². The van der Waals surface area contributed by atoms with Gasteiger partial charge in [0.1, 0.15) is 12.1 Å². The van der Waals surface area contributed by atoms with Gasteiger partial charge in [-0.1, -0.05) is 0 Å². The highest BCUT2D eigenvalue weighted by Crippen LogP contribution is 2.03. The Labute approximate surface area is 147 Å². The second-order valence-electron chi connectivity index (χ2n) is 5.12. The molecule has 0 saturated carbocycles. The fourth-order valence-electron chi connectivity index (χ4n) is 1.74. The van der Waals surface area contributed by atoms with E-state index in [1.54, 1.807) is 6.26 Å². The van der Waals surface area contributed by atoms with Gasteiger partial charge in [0.05, 0.1) is 18.9 Å². The molecule has 0 unspecified atom stereocenters. The SMILES string of the molecule is CSCC[C@H](NC(=O)[C@H](CC(=O)O)NC(=O)[C@@H](N)CC(N)=O)C(=O)O. The van der Waals surface area contributed by atoms with E-state index in [1.807, 2.05) is 0 Å². The van der Waals surface area contributed by atoms with Gasteiger partial charge < -0.3 is 32.3 Å². The summed E-state index contributed by atoms with van der Waals surface area (Å²) in [5, 5.41) is 22.2. The van der Waals surface area contributed by atoms with Gasteiger partial charge in [-0.3, -0.25) is 19.2 Å². The molecule has 0 aromatic carbocycles. The van der Waals surface area contributed by atoms with Crippen molar-refractivity contribution >= 4 is 41.4 Å². The lowest BCUT2D eigenvalue weighted by Gasteiger charge is -2.21. The number of carboxylic acid groups (broad SMARTS) is 2. The first-order valence-electron chi connectivity index (χ1n) is 7.16. The van der Waals surface area contributed by atoms with Gasteiger partial charge >= 0.3 is 11.9 Å². The van der Waals surface area contributed by atoms with Crippen LogP contribution < -0.4 is 22.1 Å². The first-order valence-corrected chi connectivity index (χ1v) is 8.56. The summed E-state index contributed by atoms with van der Waals surface area (Å²) in [6, 6.07) is -4.12. The fourth-order valence-corrected chi connectivity index (χ4v) is 2.21. The van der Waals surface area contributed by atoms with Crippen molar-refractivity contribution < 1.29 is 34.2 Å². The number of carbonyl (C=O) groups excluding carboxylic acids is 3. The number of carbonyl (C=O) groups is 5. The zero-order valence-corrected chi connectivity index (χ0v) is 14.4. The Morgan fingerprint density at radius 1 is 1.00 bits per heavy atom. The Morgan fingerprint density at radius 3 is 2.00 bits per heavy atom. The van der Waals surface area contributed by atoms with Gasteiger partial charge in [0.15, 0.2) is 0 Å². The van der Waals surface area contributed by atoms with Crippen LogP contribution in [0, 0.1) is 0 Å². The molecule has 0 spiro atoms. The summed E-state index contributed by atoms with van der Waals surface area (Å²) < 4.78 is 0. The monoisotopic (exact) mass is 378 g/mol. The molecule has 0 radical (unpaired) electrons. The number of nitrogens with two attached hydrogens (primary N) is 2. The van der Waals surface area contributed by atoms with Gasteiger partial charge in [-0.25, -0.2) is 4.79 Å². The first kappa shape index (κ1) is 22.7. The highest BCUT2D eigenvalue weighted by Gasteiger charge is 2.29. The van der Waals surface area contributed by atoms with Crippen molar-refractivity contribution in [2.45, 2.75) is 37.4 Å². The largest absolute Gasteiger partial charge is 0.481 e. The summed E-state index contributed by atoms with van der Waals surface area (Å²) in [7, 11) is 0. The summed E-state index contributed by atoms with van der Waals surface area (Å²) in [5.41, 5.74) is 10.3. The Hall–Kier alpha value is -2.34. The number of hydrogen-bond acceptors (Lipinski definition) is 7. The standard InChI is InChI=1S/C13H22N4O7S/c1-25-3-2-7(13(23)24)16-12(22)8(5-10(19)20)17-11(21)6(14)4-9(15)18/h6-8H,2-5,14H2,1H3,(H2,15,18)(H,16,22)(H,17,21)(H,19,20)(H,23,24)/t6-,7-,8-/m0/s1. The van der Waals surface area contributed by atoms with Crippen molar-refractivity contribution in [1.29, 1.82) is 0 Å². The van der Waals surface area contributed by atoms with E-state index < -0.39 is 60.6 Å². The fraction of sp³-hybridized carbons (Fsp3) is 0.615. The Balaban J connectivity index is 5.01. The second-order valence-corrected chi connectivity index (χ2v) is 6.10. The van der Waals surface area contributed by atoms with Gasteiger partial charge in [-0.2, -0.15) is 11.8 Å². The molecular formula is C13H22N4O7S. The molecule has 12 heteroatoms. The summed E-state index contributed by atoms with van der Waals surface area (Å²) in [6.07, 6.45) is 0.611. The minimum absolute atomic E-state index is 0.122. The van der Waals surface area contributed by atoms with Crippen molar-refractivity contribution in [1.82, 2.24) is 10.6 Å². The van der Waals surface area contributed by atoms with Crippen LogP contribution in [-0.2, 0) is 24.0 Å². The lowest BCUT2D eigenvalue weighted by Crippen LogP contribution is -2.55. The third-order valence-corrected chi connectivity index (χ3v) is 3.64. The quantitative estimate of drug-likeness (QED) is 0.212. The van der Waals surface area contributed by atoms with Gasteiger partial charge in [-0.05, 0) is 18.4 Å². The van der Waals surface area contributed by atoms with E-state index in [0.717, 1.165) is 0 Å². The highest BCUT2D eigenvalue weighted by atomic mass is 32.2. The topological polar surface area (TPSA) is 202 Å². The third-order valence-electron chi connectivity index (χ3n) is 2.99. The van der Waals surface area contributed by atoms with Crippen LogP contribution in [0.15, 0.2) is 0 Å². The van der Waals surface area contributed by atoms with Crippen molar-refractivity contribution in [3.8, 4) is 0 Å². The molecule has 3 atom stereocenters. The Kier molecular flexibility index (Phi) is 10.2. The number of amides is 3. The normalized spacial score (nSPS) is 14.0. The van der Waals surface area contributed by atoms with E-state index in [4.69, 9.17) is 21.7 Å². The number of carboxylic acids is 2. The van der Waals surface area contributed by atoms with Crippen LogP contribution in [0.3, 0.4) is 0 Å². The molecule has 142 valence electrons. The summed E-state index contributed by atoms with van der Waals surface area (Å²) in [6.45, 7) is 0. The van der Waals surface area contributed by atoms with Crippen molar-refractivity contribution in [3.63, 3.8) is 0 Å². The number of primary amides is 1. The molecule has 0 rings (SSSR count). The Bertz CT molecular complexity index is 529. The van der Waals surface area contributed by atoms with Gasteiger partial charge in [0, 0.05) is 0 Å². The molecular weight excluding hydrogens is 356 g/mol. The second kappa shape index (κ2) is 11.3. The van der Waals surface area contributed by atoms with E-state index in [9.17, 15) is 24.0 Å². The smallest absolute Gasteiger partial charge is 0.326 e. The van der Waals surface area contributed by atoms with E-state index >= 15 is 0 Å². The van der Waals surface area contributed by atoms with E-state index in [-0.39, 0.29) is 6.42 Å². The number of nitrogens with one attached hydrogen (secondary N) is 2. The predicted molar refractivity (Wildman–Crippen MR) is 88.5 cm³/mol. The van der Waals surface area contributed by atoms with Crippen LogP contribution in [0.25, 0.3) is 0 Å². The van der Waals surface area contributed by atoms with Crippen LogP contribution >= 0.6 is 11.8 Å². The summed E-state index contributed by atoms with van der Waals surface area (Å²) in [5.74, 6) is -4.98. The molecule has 8 N–H and O–H groups in total. The zero-order chi connectivity index (χ0) is 19.6. The van der Waals surface area contributed by atoms with E-state index in [1.165, 1.54) is 11.8 Å². The maximum atomic E-state index is 12.1. The molecule has 0 fully saturated rings. The molecule has 0 aromatic heterocycles. The first-order chi connectivity index (χ1) is 11.6. The van der Waals surface area contributed by atoms with Crippen LogP contribution in [0.5, 0.6) is 0 Å². The summed E-state index contributed by atoms with van der Waals surface area (Å²) in [4.78, 5) is 56.7. The number of hydrogen-bond donors (Lipinski definition) is 6. The number of rotatable bonds is 12. The van der Waals surface area contributed by atoms with E-state index in [2.05, 4.69) is 10.6 Å². The molecule has 0 saturated heterocycles. The molecule has 0 aliphatic carbocycles. The maximum absolute atomic E-state index is 12.1. The van der Waals surface area contributed by atoms with Crippen molar-refractivity contribution in [2.75, 3.05) is 12.0 Å². The zero-order valence-electron chi connectivity index (χ0n) is 13.6. The van der Waals surface area contributed by atoms with Crippen LogP contribution in [-0.4, -0.2) is 70.0 Å². The lowest BCUT2D eigenvalue weighted by atomic mass is 10.1. The van der Waals surface area contributed by atoms with Crippen molar-refractivity contribution in [3.05, 3.63) is 0 Å². The number of thioether (sulfide) groups is 1. The van der Waals surface area contributed by atoms with Gasteiger partial charge in [0.2, 0.25) is 17.7 Å². The molecule has 0 heterocycles.